The summed E-state index contributed by atoms with van der Waals surface area (Å²) in [5.41, 5.74) is 5.15. The van der Waals surface area contributed by atoms with E-state index in [-0.39, 0.29) is 16.3 Å². The average Bonchev–Trinajstić information content (AvgIpc) is 2.84. The summed E-state index contributed by atoms with van der Waals surface area (Å²) in [5.74, 6) is -0.474. The molecule has 10 heteroatoms. The van der Waals surface area contributed by atoms with Crippen molar-refractivity contribution in [3.63, 3.8) is 0 Å². The average molecular weight is 635 g/mol. The molecule has 2 amide bonds. The summed E-state index contributed by atoms with van der Waals surface area (Å²) < 4.78 is 6.74. The molecule has 0 radical (unpaired) electrons. The third-order valence-electron chi connectivity index (χ3n) is 4.94. The lowest BCUT2D eigenvalue weighted by atomic mass is 10.1. The van der Waals surface area contributed by atoms with Gasteiger partial charge in [0.25, 0.3) is 11.8 Å². The number of hydrogen-bond donors (Lipinski definition) is 2. The normalized spacial score (nSPS) is 11.3. The van der Waals surface area contributed by atoms with Crippen molar-refractivity contribution in [3.8, 4) is 5.75 Å². The number of benzene rings is 3. The van der Waals surface area contributed by atoms with E-state index in [4.69, 9.17) is 16.3 Å². The lowest BCUT2D eigenvalue weighted by Gasteiger charge is -2.13. The molecule has 0 fully saturated rings. The molecule has 186 valence electrons. The first-order valence-corrected chi connectivity index (χ1v) is 12.6. The Labute approximate surface area is 231 Å². The summed E-state index contributed by atoms with van der Waals surface area (Å²) in [6, 6.07) is 17.7. The molecule has 0 spiro atoms. The molecule has 36 heavy (non-hydrogen) atoms. The predicted octanol–water partition coefficient (Wildman–Crippen LogP) is 5.86. The monoisotopic (exact) mass is 632 g/mol. The van der Waals surface area contributed by atoms with Gasteiger partial charge in [0.05, 0.1) is 32.9 Å². The second-order valence-electron chi connectivity index (χ2n) is 7.69. The molecule has 3 aromatic carbocycles. The zero-order chi connectivity index (χ0) is 26.2. The molecule has 0 saturated carbocycles. The maximum atomic E-state index is 13.0. The van der Waals surface area contributed by atoms with E-state index >= 15 is 0 Å². The standard InChI is InChI=1S/C26H23Br2ClN4O3/c1-33(2)18-10-8-16(9-11-18)14-23(31-25(34)19-6-4-5-7-22(19)29)26(35)32-30-15-17-12-20(27)24(36-3)21(28)13-17/h4-15H,1-3H3,(H,31,34)(H,32,35)/b23-14+,30-15-. The van der Waals surface area contributed by atoms with Crippen LogP contribution in [0.25, 0.3) is 6.08 Å². The molecule has 0 heterocycles. The molecular weight excluding hydrogens is 612 g/mol. The van der Waals surface area contributed by atoms with Crippen molar-refractivity contribution in [3.05, 3.63) is 97.0 Å². The van der Waals surface area contributed by atoms with Crippen LogP contribution in [-0.4, -0.2) is 39.2 Å². The Balaban J connectivity index is 1.85. The molecule has 3 aromatic rings. The number of methoxy groups -OCH3 is 1. The number of anilines is 1. The maximum absolute atomic E-state index is 13.0. The summed E-state index contributed by atoms with van der Waals surface area (Å²) in [5, 5.41) is 6.97. The van der Waals surface area contributed by atoms with Gasteiger partial charge in [-0.1, -0.05) is 35.9 Å². The van der Waals surface area contributed by atoms with Gasteiger partial charge in [-0.05, 0) is 85.5 Å². The van der Waals surface area contributed by atoms with Gasteiger partial charge in [-0.3, -0.25) is 9.59 Å². The van der Waals surface area contributed by atoms with Gasteiger partial charge in [0, 0.05) is 19.8 Å². The molecule has 2 N–H and O–H groups in total. The Bertz CT molecular complexity index is 1300. The van der Waals surface area contributed by atoms with Crippen LogP contribution in [0.15, 0.2) is 80.4 Å². The van der Waals surface area contributed by atoms with Crippen molar-refractivity contribution < 1.29 is 14.3 Å². The van der Waals surface area contributed by atoms with E-state index in [9.17, 15) is 9.59 Å². The predicted molar refractivity (Wildman–Crippen MR) is 152 cm³/mol. The van der Waals surface area contributed by atoms with Gasteiger partial charge >= 0.3 is 0 Å². The first-order chi connectivity index (χ1) is 17.2. The van der Waals surface area contributed by atoms with Gasteiger partial charge in [0.2, 0.25) is 0 Å². The van der Waals surface area contributed by atoms with E-state index in [1.807, 2.05) is 43.3 Å². The summed E-state index contributed by atoms with van der Waals surface area (Å²) in [4.78, 5) is 27.8. The van der Waals surface area contributed by atoms with Gasteiger partial charge in [-0.25, -0.2) is 5.43 Å². The fourth-order valence-electron chi connectivity index (χ4n) is 3.10. The number of amides is 2. The number of halogens is 3. The Kier molecular flexibility index (Phi) is 9.69. The van der Waals surface area contributed by atoms with Crippen LogP contribution in [0, 0.1) is 0 Å². The largest absolute Gasteiger partial charge is 0.494 e. The van der Waals surface area contributed by atoms with Gasteiger partial charge in [0.15, 0.2) is 0 Å². The molecule has 7 nitrogen and oxygen atoms in total. The fraction of sp³-hybridized carbons (Fsp3) is 0.115. The van der Waals surface area contributed by atoms with Gasteiger partial charge in [-0.15, -0.1) is 0 Å². The molecule has 3 rings (SSSR count). The summed E-state index contributed by atoms with van der Waals surface area (Å²) >= 11 is 13.0. The van der Waals surface area contributed by atoms with Crippen molar-refractivity contribution >= 4 is 73.3 Å². The van der Waals surface area contributed by atoms with Gasteiger partial charge < -0.3 is 15.0 Å². The van der Waals surface area contributed by atoms with Crippen LogP contribution in [0.5, 0.6) is 5.75 Å². The first-order valence-electron chi connectivity index (χ1n) is 10.6. The number of carbonyl (C=O) groups excluding carboxylic acids is 2. The molecule has 0 aliphatic heterocycles. The molecule has 0 aliphatic carbocycles. The van der Waals surface area contributed by atoms with Crippen LogP contribution in [0.4, 0.5) is 5.69 Å². The van der Waals surface area contributed by atoms with Crippen molar-refractivity contribution in [1.29, 1.82) is 0 Å². The van der Waals surface area contributed by atoms with Crippen molar-refractivity contribution in [2.75, 3.05) is 26.1 Å². The highest BCUT2D eigenvalue weighted by Gasteiger charge is 2.16. The molecule has 0 aromatic heterocycles. The number of nitrogens with one attached hydrogen (secondary N) is 2. The molecule has 0 atom stereocenters. The minimum Gasteiger partial charge on any atom is -0.494 e. The van der Waals surface area contributed by atoms with Crippen molar-refractivity contribution in [2.24, 2.45) is 5.10 Å². The molecule has 0 saturated heterocycles. The van der Waals surface area contributed by atoms with Crippen LogP contribution in [0.2, 0.25) is 5.02 Å². The SMILES string of the molecule is COc1c(Br)cc(/C=N\NC(=O)/C(=C\c2ccc(N(C)C)cc2)NC(=O)c2ccccc2Cl)cc1Br. The number of hydrogen-bond acceptors (Lipinski definition) is 5. The molecule has 0 bridgehead atoms. The fourth-order valence-corrected chi connectivity index (χ4v) is 4.87. The van der Waals surface area contributed by atoms with Crippen LogP contribution in [-0.2, 0) is 4.79 Å². The smallest absolute Gasteiger partial charge is 0.287 e. The number of rotatable bonds is 8. The van der Waals surface area contributed by atoms with E-state index in [1.54, 1.807) is 49.6 Å². The first kappa shape index (κ1) is 27.4. The van der Waals surface area contributed by atoms with Crippen LogP contribution in [0.3, 0.4) is 0 Å². The minimum atomic E-state index is -0.602. The summed E-state index contributed by atoms with van der Waals surface area (Å²) in [6.45, 7) is 0. The van der Waals surface area contributed by atoms with Crippen LogP contribution in [0.1, 0.15) is 21.5 Å². The number of ether oxygens (including phenoxy) is 1. The van der Waals surface area contributed by atoms with E-state index in [2.05, 4.69) is 47.7 Å². The highest BCUT2D eigenvalue weighted by Crippen LogP contribution is 2.33. The van der Waals surface area contributed by atoms with E-state index < -0.39 is 11.8 Å². The highest BCUT2D eigenvalue weighted by atomic mass is 79.9. The van der Waals surface area contributed by atoms with Crippen LogP contribution < -0.4 is 20.4 Å². The second-order valence-corrected chi connectivity index (χ2v) is 9.81. The number of carbonyl (C=O) groups is 2. The Morgan fingerprint density at radius 1 is 1.00 bits per heavy atom. The highest BCUT2D eigenvalue weighted by molar-refractivity contribution is 9.11. The van der Waals surface area contributed by atoms with Gasteiger partial charge in [0.1, 0.15) is 11.4 Å². The Hall–Kier alpha value is -3.14. The third-order valence-corrected chi connectivity index (χ3v) is 6.44. The number of nitrogens with zero attached hydrogens (tertiary/aromatic N) is 2. The topological polar surface area (TPSA) is 83.0 Å². The quantitative estimate of drug-likeness (QED) is 0.185. The van der Waals surface area contributed by atoms with Crippen molar-refractivity contribution in [1.82, 2.24) is 10.7 Å². The zero-order valence-corrected chi connectivity index (χ0v) is 23.6. The summed E-state index contributed by atoms with van der Waals surface area (Å²) in [6.07, 6.45) is 3.05. The molecule has 0 aliphatic rings. The summed E-state index contributed by atoms with van der Waals surface area (Å²) in [7, 11) is 5.44. The second kappa shape index (κ2) is 12.7. The lowest BCUT2D eigenvalue weighted by Crippen LogP contribution is -2.33. The molecular formula is C26H23Br2ClN4O3. The van der Waals surface area contributed by atoms with Crippen LogP contribution >= 0.6 is 43.5 Å². The Morgan fingerprint density at radius 3 is 2.22 bits per heavy atom. The minimum absolute atomic E-state index is 0.00626. The lowest BCUT2D eigenvalue weighted by molar-refractivity contribution is -0.117. The van der Waals surface area contributed by atoms with Gasteiger partial charge in [-0.2, -0.15) is 5.10 Å². The maximum Gasteiger partial charge on any atom is 0.287 e. The zero-order valence-electron chi connectivity index (χ0n) is 19.7. The van der Waals surface area contributed by atoms with E-state index in [0.717, 1.165) is 20.2 Å². The molecule has 0 unspecified atom stereocenters. The number of hydrazone groups is 1. The van der Waals surface area contributed by atoms with Crippen molar-refractivity contribution in [2.45, 2.75) is 0 Å². The third kappa shape index (κ3) is 7.19. The van der Waals surface area contributed by atoms with E-state index in [0.29, 0.717) is 11.3 Å². The van der Waals surface area contributed by atoms with E-state index in [1.165, 1.54) is 6.21 Å². The Morgan fingerprint density at radius 2 is 1.64 bits per heavy atom.